The average molecular weight is 217 g/mol. The smallest absolute Gasteiger partial charge is 0.231 e. The third kappa shape index (κ3) is 1.80. The zero-order chi connectivity index (χ0) is 11.5. The number of ketones is 1. The van der Waals surface area contributed by atoms with Crippen LogP contribution in [-0.2, 0) is 6.54 Å². The fourth-order valence-electron chi connectivity index (χ4n) is 1.34. The minimum absolute atomic E-state index is 0.222. The topological polar surface area (TPSA) is 95.1 Å². The van der Waals surface area contributed by atoms with E-state index in [1.807, 2.05) is 0 Å². The van der Waals surface area contributed by atoms with Crippen LogP contribution in [0.25, 0.3) is 0 Å². The summed E-state index contributed by atoms with van der Waals surface area (Å²) in [6, 6.07) is 4.82. The van der Waals surface area contributed by atoms with Crippen molar-refractivity contribution in [2.45, 2.75) is 6.54 Å². The molecule has 16 heavy (non-hydrogen) atoms. The molecular weight excluding hydrogens is 206 g/mol. The summed E-state index contributed by atoms with van der Waals surface area (Å²) in [6.07, 6.45) is 2.95. The Morgan fingerprint density at radius 1 is 1.38 bits per heavy atom. The summed E-state index contributed by atoms with van der Waals surface area (Å²) in [5.74, 6) is 0.497. The standard InChI is InChI=1S/C11H11N3O2/c12-5-7-1-2-10(16-7)11(15)8-6-14-4-3-9(8)13/h1-4,6H,5,12H2,(H2,13,14). The lowest BCUT2D eigenvalue weighted by molar-refractivity contribution is 0.101. The van der Waals surface area contributed by atoms with E-state index in [4.69, 9.17) is 15.9 Å². The molecule has 2 heterocycles. The van der Waals surface area contributed by atoms with Crippen LogP contribution in [0.2, 0.25) is 0 Å². The maximum Gasteiger partial charge on any atom is 0.231 e. The maximum absolute atomic E-state index is 11.9. The molecule has 0 atom stereocenters. The predicted octanol–water partition coefficient (Wildman–Crippen LogP) is 0.946. The van der Waals surface area contributed by atoms with E-state index in [-0.39, 0.29) is 18.1 Å². The van der Waals surface area contributed by atoms with Crippen molar-refractivity contribution >= 4 is 11.5 Å². The normalized spacial score (nSPS) is 10.3. The van der Waals surface area contributed by atoms with Gasteiger partial charge in [-0.15, -0.1) is 0 Å². The first-order valence-electron chi connectivity index (χ1n) is 4.75. The second-order valence-corrected chi connectivity index (χ2v) is 3.26. The number of nitrogens with two attached hydrogens (primary N) is 2. The second-order valence-electron chi connectivity index (χ2n) is 3.26. The van der Waals surface area contributed by atoms with Gasteiger partial charge in [0.2, 0.25) is 5.78 Å². The molecule has 5 nitrogen and oxygen atoms in total. The number of anilines is 1. The Balaban J connectivity index is 2.35. The van der Waals surface area contributed by atoms with Crippen LogP contribution in [0.3, 0.4) is 0 Å². The predicted molar refractivity (Wildman–Crippen MR) is 58.7 cm³/mol. The molecule has 0 spiro atoms. The largest absolute Gasteiger partial charge is 0.456 e. The SMILES string of the molecule is NCc1ccc(C(=O)c2cnccc2N)o1. The molecule has 0 saturated heterocycles. The van der Waals surface area contributed by atoms with Gasteiger partial charge in [0.05, 0.1) is 12.1 Å². The van der Waals surface area contributed by atoms with Crippen molar-refractivity contribution in [3.05, 3.63) is 47.7 Å². The molecule has 0 aliphatic heterocycles. The van der Waals surface area contributed by atoms with Crippen LogP contribution in [0.5, 0.6) is 0 Å². The number of carbonyl (C=O) groups excluding carboxylic acids is 1. The van der Waals surface area contributed by atoms with Crippen LogP contribution in [-0.4, -0.2) is 10.8 Å². The summed E-state index contributed by atoms with van der Waals surface area (Å²) < 4.78 is 5.25. The number of carbonyl (C=O) groups is 1. The number of hydrogen-bond donors (Lipinski definition) is 2. The molecule has 2 aromatic heterocycles. The maximum atomic E-state index is 11.9. The van der Waals surface area contributed by atoms with E-state index < -0.39 is 0 Å². The lowest BCUT2D eigenvalue weighted by Crippen LogP contribution is -2.04. The number of furan rings is 1. The van der Waals surface area contributed by atoms with E-state index in [1.165, 1.54) is 12.4 Å². The molecular formula is C11H11N3O2. The lowest BCUT2D eigenvalue weighted by Gasteiger charge is -2.00. The van der Waals surface area contributed by atoms with Gasteiger partial charge in [0.15, 0.2) is 5.76 Å². The molecule has 0 radical (unpaired) electrons. The number of nitrogen functional groups attached to an aromatic ring is 1. The molecule has 0 aliphatic rings. The molecule has 2 aromatic rings. The Kier molecular flexibility index (Phi) is 2.70. The van der Waals surface area contributed by atoms with Crippen molar-refractivity contribution in [1.29, 1.82) is 0 Å². The van der Waals surface area contributed by atoms with E-state index in [9.17, 15) is 4.79 Å². The highest BCUT2D eigenvalue weighted by atomic mass is 16.3. The molecule has 0 bridgehead atoms. The summed E-state index contributed by atoms with van der Waals surface area (Å²) >= 11 is 0. The fourth-order valence-corrected chi connectivity index (χ4v) is 1.34. The van der Waals surface area contributed by atoms with Crippen LogP contribution in [0, 0.1) is 0 Å². The number of nitrogens with zero attached hydrogens (tertiary/aromatic N) is 1. The minimum atomic E-state index is -0.287. The third-order valence-electron chi connectivity index (χ3n) is 2.19. The van der Waals surface area contributed by atoms with Crippen LogP contribution in [0.4, 0.5) is 5.69 Å². The molecule has 2 rings (SSSR count). The molecule has 82 valence electrons. The molecule has 5 heteroatoms. The average Bonchev–Trinajstić information content (AvgIpc) is 2.77. The highest BCUT2D eigenvalue weighted by Gasteiger charge is 2.15. The fraction of sp³-hybridized carbons (Fsp3) is 0.0909. The van der Waals surface area contributed by atoms with Crippen molar-refractivity contribution in [2.75, 3.05) is 5.73 Å². The number of pyridine rings is 1. The Morgan fingerprint density at radius 2 is 2.19 bits per heavy atom. The summed E-state index contributed by atoms with van der Waals surface area (Å²) in [4.78, 5) is 15.8. The van der Waals surface area contributed by atoms with Crippen LogP contribution in [0.1, 0.15) is 21.9 Å². The molecule has 0 fully saturated rings. The van der Waals surface area contributed by atoms with Gasteiger partial charge in [0, 0.05) is 18.1 Å². The summed E-state index contributed by atoms with van der Waals surface area (Å²) in [7, 11) is 0. The van der Waals surface area contributed by atoms with Gasteiger partial charge in [0.25, 0.3) is 0 Å². The highest BCUT2D eigenvalue weighted by molar-refractivity contribution is 6.10. The van der Waals surface area contributed by atoms with Crippen molar-refractivity contribution < 1.29 is 9.21 Å². The Labute approximate surface area is 92.1 Å². The van der Waals surface area contributed by atoms with Gasteiger partial charge >= 0.3 is 0 Å². The first-order valence-corrected chi connectivity index (χ1v) is 4.75. The van der Waals surface area contributed by atoms with Gasteiger partial charge in [-0.2, -0.15) is 0 Å². The minimum Gasteiger partial charge on any atom is -0.456 e. The van der Waals surface area contributed by atoms with Crippen molar-refractivity contribution in [3.63, 3.8) is 0 Å². The molecule has 0 aliphatic carbocycles. The molecule has 0 unspecified atom stereocenters. The van der Waals surface area contributed by atoms with E-state index in [0.29, 0.717) is 17.0 Å². The van der Waals surface area contributed by atoms with E-state index in [0.717, 1.165) is 0 Å². The van der Waals surface area contributed by atoms with Crippen LogP contribution in [0.15, 0.2) is 35.0 Å². The van der Waals surface area contributed by atoms with E-state index in [1.54, 1.807) is 18.2 Å². The van der Waals surface area contributed by atoms with E-state index in [2.05, 4.69) is 4.98 Å². The molecule has 4 N–H and O–H groups in total. The third-order valence-corrected chi connectivity index (χ3v) is 2.19. The van der Waals surface area contributed by atoms with Crippen LogP contribution < -0.4 is 11.5 Å². The van der Waals surface area contributed by atoms with Gasteiger partial charge in [-0.25, -0.2) is 0 Å². The Hall–Kier alpha value is -2.14. The van der Waals surface area contributed by atoms with Crippen molar-refractivity contribution in [3.8, 4) is 0 Å². The summed E-state index contributed by atoms with van der Waals surface area (Å²) in [5.41, 5.74) is 11.8. The van der Waals surface area contributed by atoms with Gasteiger partial charge in [-0.1, -0.05) is 0 Å². The van der Waals surface area contributed by atoms with E-state index >= 15 is 0 Å². The van der Waals surface area contributed by atoms with Crippen molar-refractivity contribution in [2.24, 2.45) is 5.73 Å². The van der Waals surface area contributed by atoms with Gasteiger partial charge < -0.3 is 15.9 Å². The Bertz CT molecular complexity index is 519. The van der Waals surface area contributed by atoms with Gasteiger partial charge in [-0.05, 0) is 18.2 Å². The monoisotopic (exact) mass is 217 g/mol. The molecule has 0 saturated carbocycles. The Morgan fingerprint density at radius 3 is 2.81 bits per heavy atom. The summed E-state index contributed by atoms with van der Waals surface area (Å²) in [6.45, 7) is 0.260. The first kappa shape index (κ1) is 10.4. The van der Waals surface area contributed by atoms with Crippen molar-refractivity contribution in [1.82, 2.24) is 4.98 Å². The summed E-state index contributed by atoms with van der Waals surface area (Å²) in [5, 5.41) is 0. The number of aromatic nitrogens is 1. The van der Waals surface area contributed by atoms with Crippen LogP contribution >= 0.6 is 0 Å². The number of hydrogen-bond acceptors (Lipinski definition) is 5. The van der Waals surface area contributed by atoms with Gasteiger partial charge in [0.1, 0.15) is 5.76 Å². The van der Waals surface area contributed by atoms with Gasteiger partial charge in [-0.3, -0.25) is 9.78 Å². The molecule has 0 amide bonds. The highest BCUT2D eigenvalue weighted by Crippen LogP contribution is 2.16. The second kappa shape index (κ2) is 4.16. The quantitative estimate of drug-likeness (QED) is 0.746. The zero-order valence-corrected chi connectivity index (χ0v) is 8.51. The lowest BCUT2D eigenvalue weighted by atomic mass is 10.1. The number of rotatable bonds is 3. The molecule has 0 aromatic carbocycles. The zero-order valence-electron chi connectivity index (χ0n) is 8.51. The first-order chi connectivity index (χ1) is 7.72.